The summed E-state index contributed by atoms with van der Waals surface area (Å²) in [4.78, 5) is 29.6. The normalized spacial score (nSPS) is 34.9. The van der Waals surface area contributed by atoms with Crippen molar-refractivity contribution in [3.8, 4) is 0 Å². The zero-order chi connectivity index (χ0) is 17.9. The molecule has 1 amide bonds. The number of carbonyl (C=O) groups is 2. The minimum absolute atomic E-state index is 0.113. The molecule has 4 saturated carbocycles. The van der Waals surface area contributed by atoms with Crippen LogP contribution < -0.4 is 5.73 Å². The monoisotopic (exact) mass is 348 g/mol. The van der Waals surface area contributed by atoms with Gasteiger partial charge >= 0.3 is 0 Å². The summed E-state index contributed by atoms with van der Waals surface area (Å²) >= 11 is 0. The molecule has 0 saturated heterocycles. The first kappa shape index (κ1) is 16.0. The highest BCUT2D eigenvalue weighted by Crippen LogP contribution is 2.62. The third kappa shape index (κ3) is 2.38. The van der Waals surface area contributed by atoms with Gasteiger partial charge in [-0.05, 0) is 67.9 Å². The number of hydrogen-bond acceptors (Lipinski definition) is 3. The molecule has 1 aromatic carbocycles. The Morgan fingerprint density at radius 1 is 1.04 bits per heavy atom. The number of fused-ring (bicyclic) bond motifs is 1. The van der Waals surface area contributed by atoms with Gasteiger partial charge in [-0.1, -0.05) is 24.3 Å². The highest BCUT2D eigenvalue weighted by Gasteiger charge is 2.57. The van der Waals surface area contributed by atoms with Gasteiger partial charge in [-0.25, -0.2) is 4.98 Å². The Kier molecular flexibility index (Phi) is 3.46. The first-order valence-corrected chi connectivity index (χ1v) is 9.73. The van der Waals surface area contributed by atoms with Crippen molar-refractivity contribution < 1.29 is 9.59 Å². The molecule has 1 heterocycles. The molecule has 4 aliphatic carbocycles. The van der Waals surface area contributed by atoms with Crippen molar-refractivity contribution in [3.63, 3.8) is 0 Å². The SMILES string of the molecule is NC(=O)C12CC3CC(C1)C(CC(=O)c1ccc4ccccc4n1)C(C3)C2. The number of amides is 1. The second kappa shape index (κ2) is 5.63. The molecule has 0 aliphatic heterocycles. The van der Waals surface area contributed by atoms with Gasteiger partial charge in [0.1, 0.15) is 5.69 Å². The lowest BCUT2D eigenvalue weighted by Gasteiger charge is -2.58. The van der Waals surface area contributed by atoms with E-state index >= 15 is 0 Å². The molecule has 6 rings (SSSR count). The highest BCUT2D eigenvalue weighted by atomic mass is 16.1. The number of ketones is 1. The fourth-order valence-corrected chi connectivity index (χ4v) is 6.30. The summed E-state index contributed by atoms with van der Waals surface area (Å²) in [6.07, 6.45) is 5.63. The molecule has 4 nitrogen and oxygen atoms in total. The third-order valence-electron chi connectivity index (χ3n) is 7.30. The molecule has 2 atom stereocenters. The van der Waals surface area contributed by atoms with Crippen molar-refractivity contribution in [1.82, 2.24) is 4.98 Å². The maximum absolute atomic E-state index is 12.9. The maximum Gasteiger partial charge on any atom is 0.223 e. The fourth-order valence-electron chi connectivity index (χ4n) is 6.30. The largest absolute Gasteiger partial charge is 0.369 e. The van der Waals surface area contributed by atoms with E-state index in [0.717, 1.165) is 43.0 Å². The lowest BCUT2D eigenvalue weighted by atomic mass is 9.45. The lowest BCUT2D eigenvalue weighted by Crippen LogP contribution is -2.56. The minimum atomic E-state index is -0.281. The van der Waals surface area contributed by atoms with E-state index in [4.69, 9.17) is 5.73 Å². The van der Waals surface area contributed by atoms with Crippen LogP contribution in [0.4, 0.5) is 0 Å². The molecule has 26 heavy (non-hydrogen) atoms. The summed E-state index contributed by atoms with van der Waals surface area (Å²) in [5.74, 6) is 1.99. The van der Waals surface area contributed by atoms with E-state index in [1.165, 1.54) is 0 Å². The molecule has 134 valence electrons. The average Bonchev–Trinajstić information content (AvgIpc) is 2.63. The quantitative estimate of drug-likeness (QED) is 0.856. The number of rotatable bonds is 4. The van der Waals surface area contributed by atoms with Crippen LogP contribution in [0.1, 0.15) is 49.0 Å². The second-order valence-corrected chi connectivity index (χ2v) is 8.79. The van der Waals surface area contributed by atoms with Gasteiger partial charge in [-0.3, -0.25) is 9.59 Å². The van der Waals surface area contributed by atoms with Crippen molar-refractivity contribution in [3.05, 3.63) is 42.1 Å². The van der Waals surface area contributed by atoms with Crippen LogP contribution in [0, 0.1) is 29.1 Å². The third-order valence-corrected chi connectivity index (χ3v) is 7.30. The summed E-state index contributed by atoms with van der Waals surface area (Å²) in [7, 11) is 0. The number of primary amides is 1. The van der Waals surface area contributed by atoms with E-state index in [1.54, 1.807) is 0 Å². The molecule has 2 N–H and O–H groups in total. The number of para-hydroxylation sites is 1. The van der Waals surface area contributed by atoms with Crippen LogP contribution in [0.3, 0.4) is 0 Å². The molecule has 4 heteroatoms. The van der Waals surface area contributed by atoms with Crippen molar-refractivity contribution in [2.75, 3.05) is 0 Å². The van der Waals surface area contributed by atoms with Gasteiger partial charge in [0.15, 0.2) is 5.78 Å². The number of Topliss-reactive ketones (excluding diaryl/α,β-unsaturated/α-hetero) is 1. The summed E-state index contributed by atoms with van der Waals surface area (Å²) in [5.41, 5.74) is 6.93. The topological polar surface area (TPSA) is 73.1 Å². The van der Waals surface area contributed by atoms with Gasteiger partial charge < -0.3 is 5.73 Å². The minimum Gasteiger partial charge on any atom is -0.369 e. The van der Waals surface area contributed by atoms with E-state index < -0.39 is 0 Å². The number of hydrogen-bond donors (Lipinski definition) is 1. The molecular weight excluding hydrogens is 324 g/mol. The van der Waals surface area contributed by atoms with Crippen LogP contribution in [-0.2, 0) is 4.79 Å². The van der Waals surface area contributed by atoms with Crippen molar-refractivity contribution in [2.24, 2.45) is 34.8 Å². The number of nitrogens with two attached hydrogens (primary N) is 1. The van der Waals surface area contributed by atoms with Crippen LogP contribution in [0.25, 0.3) is 10.9 Å². The molecule has 0 spiro atoms. The molecule has 4 bridgehead atoms. The summed E-state index contributed by atoms with van der Waals surface area (Å²) in [6, 6.07) is 11.7. The maximum atomic E-state index is 12.9. The van der Waals surface area contributed by atoms with Crippen molar-refractivity contribution in [1.29, 1.82) is 0 Å². The molecule has 4 fully saturated rings. The van der Waals surface area contributed by atoms with Gasteiger partial charge in [0.05, 0.1) is 5.52 Å². The van der Waals surface area contributed by atoms with Gasteiger partial charge in [0.25, 0.3) is 0 Å². The smallest absolute Gasteiger partial charge is 0.223 e. The standard InChI is InChI=1S/C22H24N2O2/c23-21(26)22-10-13-7-15(11-22)17(16(8-13)12-22)9-20(25)19-6-5-14-3-1-2-4-18(14)24-19/h1-6,13,15-17H,7-12H2,(H2,23,26). The Balaban J connectivity index is 1.38. The molecular formula is C22H24N2O2. The zero-order valence-electron chi connectivity index (χ0n) is 14.9. The van der Waals surface area contributed by atoms with Crippen LogP contribution >= 0.6 is 0 Å². The lowest BCUT2D eigenvalue weighted by molar-refractivity contribution is -0.149. The predicted molar refractivity (Wildman–Crippen MR) is 99.4 cm³/mol. The Labute approximate surface area is 153 Å². The first-order valence-electron chi connectivity index (χ1n) is 9.73. The van der Waals surface area contributed by atoms with Crippen LogP contribution in [0.2, 0.25) is 0 Å². The molecule has 2 unspecified atom stereocenters. The highest BCUT2D eigenvalue weighted by molar-refractivity contribution is 5.96. The zero-order valence-corrected chi connectivity index (χ0v) is 14.9. The summed E-state index contributed by atoms with van der Waals surface area (Å²) < 4.78 is 0. The molecule has 1 aromatic heterocycles. The Morgan fingerprint density at radius 2 is 1.77 bits per heavy atom. The van der Waals surface area contributed by atoms with Crippen molar-refractivity contribution >= 4 is 22.6 Å². The van der Waals surface area contributed by atoms with Gasteiger partial charge in [0, 0.05) is 17.2 Å². The Bertz CT molecular complexity index is 890. The number of aromatic nitrogens is 1. The second-order valence-electron chi connectivity index (χ2n) is 8.79. The van der Waals surface area contributed by atoms with Gasteiger partial charge in [-0.15, -0.1) is 0 Å². The van der Waals surface area contributed by atoms with E-state index in [9.17, 15) is 9.59 Å². The number of carbonyl (C=O) groups excluding carboxylic acids is 2. The van der Waals surface area contributed by atoms with Crippen LogP contribution in [-0.4, -0.2) is 16.7 Å². The van der Waals surface area contributed by atoms with E-state index in [0.29, 0.717) is 35.8 Å². The van der Waals surface area contributed by atoms with Crippen molar-refractivity contribution in [2.45, 2.75) is 38.5 Å². The van der Waals surface area contributed by atoms with E-state index in [-0.39, 0.29) is 17.1 Å². The van der Waals surface area contributed by atoms with Crippen LogP contribution in [0.5, 0.6) is 0 Å². The average molecular weight is 348 g/mol. The molecule has 4 aliphatic rings. The molecule has 0 radical (unpaired) electrons. The van der Waals surface area contributed by atoms with Crippen LogP contribution in [0.15, 0.2) is 36.4 Å². The number of benzene rings is 1. The predicted octanol–water partition coefficient (Wildman–Crippen LogP) is 3.74. The van der Waals surface area contributed by atoms with Gasteiger partial charge in [-0.2, -0.15) is 0 Å². The fraction of sp³-hybridized carbons (Fsp3) is 0.500. The Morgan fingerprint density at radius 3 is 2.50 bits per heavy atom. The van der Waals surface area contributed by atoms with E-state index in [2.05, 4.69) is 4.98 Å². The first-order chi connectivity index (χ1) is 12.5. The van der Waals surface area contributed by atoms with E-state index in [1.807, 2.05) is 36.4 Å². The number of nitrogens with zero attached hydrogens (tertiary/aromatic N) is 1. The summed E-state index contributed by atoms with van der Waals surface area (Å²) in [6.45, 7) is 0. The number of pyridine rings is 1. The van der Waals surface area contributed by atoms with Gasteiger partial charge in [0.2, 0.25) is 5.91 Å². The molecule has 2 aromatic rings. The summed E-state index contributed by atoms with van der Waals surface area (Å²) in [5, 5.41) is 1.06. The Hall–Kier alpha value is -2.23.